The average Bonchev–Trinajstić information content (AvgIpc) is 2.29. The van der Waals surface area contributed by atoms with Crippen molar-refractivity contribution in [3.8, 4) is 11.3 Å². The smallest absolute Gasteiger partial charge is 0.286 e. The minimum Gasteiger partial charge on any atom is -0.363 e. The van der Waals surface area contributed by atoms with Gasteiger partial charge in [0.05, 0.1) is 5.69 Å². The predicted octanol–water partition coefficient (Wildman–Crippen LogP) is 2.31. The number of primary amides is 1. The van der Waals surface area contributed by atoms with Gasteiger partial charge < -0.3 is 5.73 Å². The number of nitrogens with two attached hydrogens (primary N) is 1. The van der Waals surface area contributed by atoms with E-state index in [0.717, 1.165) is 10.0 Å². The molecule has 17 heavy (non-hydrogen) atoms. The summed E-state index contributed by atoms with van der Waals surface area (Å²) in [7, 11) is 0. The van der Waals surface area contributed by atoms with Crippen LogP contribution in [0.5, 0.6) is 0 Å². The second kappa shape index (κ2) is 4.63. The molecule has 0 radical (unpaired) electrons. The fraction of sp³-hybridized carbons (Fsp3) is 0.0833. The van der Waals surface area contributed by atoms with E-state index in [1.54, 1.807) is 6.92 Å². The maximum Gasteiger partial charge on any atom is 0.286 e. The summed E-state index contributed by atoms with van der Waals surface area (Å²) in [4.78, 5) is 19.2. The summed E-state index contributed by atoms with van der Waals surface area (Å²) < 4.78 is 0.988. The first-order valence-electron chi connectivity index (χ1n) is 4.97. The first-order valence-corrected chi connectivity index (χ1v) is 5.77. The Bertz CT molecular complexity index is 566. The number of nitrogens with zero attached hydrogens (tertiary/aromatic N) is 2. The molecule has 86 valence electrons. The van der Waals surface area contributed by atoms with Crippen LogP contribution in [-0.2, 0) is 0 Å². The molecule has 0 saturated carbocycles. The highest BCUT2D eigenvalue weighted by atomic mass is 79.9. The molecule has 0 bridgehead atoms. The van der Waals surface area contributed by atoms with E-state index in [1.807, 2.05) is 30.3 Å². The van der Waals surface area contributed by atoms with Crippen LogP contribution >= 0.6 is 15.9 Å². The van der Waals surface area contributed by atoms with Crippen LogP contribution in [0.3, 0.4) is 0 Å². The zero-order valence-electron chi connectivity index (χ0n) is 9.14. The van der Waals surface area contributed by atoms with Crippen LogP contribution in [0.2, 0.25) is 0 Å². The van der Waals surface area contributed by atoms with E-state index in [2.05, 4.69) is 25.9 Å². The van der Waals surface area contributed by atoms with Crippen molar-refractivity contribution < 1.29 is 4.79 Å². The molecule has 5 heteroatoms. The van der Waals surface area contributed by atoms with Gasteiger partial charge in [0.2, 0.25) is 5.82 Å². The van der Waals surface area contributed by atoms with Crippen LogP contribution in [0.1, 0.15) is 16.3 Å². The Labute approximate surface area is 107 Å². The Hall–Kier alpha value is -1.75. The van der Waals surface area contributed by atoms with Crippen molar-refractivity contribution in [2.75, 3.05) is 0 Å². The van der Waals surface area contributed by atoms with E-state index in [4.69, 9.17) is 5.73 Å². The standard InChI is InChI=1S/C12H10BrN3O/c1-7-6-10(16-12(15-7)11(14)17)8-2-4-9(13)5-3-8/h2-6H,1H3,(H2,14,17). The maximum atomic E-state index is 11.1. The number of amides is 1. The molecule has 0 saturated heterocycles. The largest absolute Gasteiger partial charge is 0.363 e. The number of halogens is 1. The number of aryl methyl sites for hydroxylation is 1. The molecule has 0 aliphatic carbocycles. The molecule has 1 aromatic heterocycles. The van der Waals surface area contributed by atoms with Gasteiger partial charge in [0, 0.05) is 15.7 Å². The molecule has 0 fully saturated rings. The zero-order chi connectivity index (χ0) is 12.4. The van der Waals surface area contributed by atoms with E-state index in [9.17, 15) is 4.79 Å². The Morgan fingerprint density at radius 3 is 2.47 bits per heavy atom. The van der Waals surface area contributed by atoms with Gasteiger partial charge in [-0.25, -0.2) is 9.97 Å². The normalized spacial score (nSPS) is 10.2. The molecule has 0 aliphatic rings. The molecule has 4 nitrogen and oxygen atoms in total. The molecule has 0 unspecified atom stereocenters. The van der Waals surface area contributed by atoms with Crippen molar-refractivity contribution in [2.45, 2.75) is 6.92 Å². The van der Waals surface area contributed by atoms with Crippen molar-refractivity contribution in [1.82, 2.24) is 9.97 Å². The van der Waals surface area contributed by atoms with E-state index >= 15 is 0 Å². The maximum absolute atomic E-state index is 11.1. The number of carbonyl (C=O) groups is 1. The highest BCUT2D eigenvalue weighted by Crippen LogP contribution is 2.20. The molecule has 0 spiro atoms. The monoisotopic (exact) mass is 291 g/mol. The van der Waals surface area contributed by atoms with E-state index in [1.165, 1.54) is 0 Å². The van der Waals surface area contributed by atoms with E-state index in [0.29, 0.717) is 11.4 Å². The number of aromatic nitrogens is 2. The number of hydrogen-bond donors (Lipinski definition) is 1. The molecule has 0 aliphatic heterocycles. The number of benzene rings is 1. The molecule has 1 aromatic carbocycles. The fourth-order valence-corrected chi connectivity index (χ4v) is 1.71. The quantitative estimate of drug-likeness (QED) is 0.923. The zero-order valence-corrected chi connectivity index (χ0v) is 10.7. The summed E-state index contributed by atoms with van der Waals surface area (Å²) in [6.07, 6.45) is 0. The summed E-state index contributed by atoms with van der Waals surface area (Å²) in [5.41, 5.74) is 7.51. The SMILES string of the molecule is Cc1cc(-c2ccc(Br)cc2)nc(C(N)=O)n1. The Kier molecular flexibility index (Phi) is 3.19. The van der Waals surface area contributed by atoms with Crippen LogP contribution in [0.25, 0.3) is 11.3 Å². The van der Waals surface area contributed by atoms with Crippen LogP contribution < -0.4 is 5.73 Å². The molecule has 1 heterocycles. The van der Waals surface area contributed by atoms with Gasteiger partial charge in [-0.05, 0) is 25.1 Å². The van der Waals surface area contributed by atoms with Gasteiger partial charge in [-0.3, -0.25) is 4.79 Å². The summed E-state index contributed by atoms with van der Waals surface area (Å²) in [6.45, 7) is 1.80. The Balaban J connectivity index is 2.51. The van der Waals surface area contributed by atoms with Crippen LogP contribution in [-0.4, -0.2) is 15.9 Å². The summed E-state index contributed by atoms with van der Waals surface area (Å²) in [5.74, 6) is -0.574. The minimum atomic E-state index is -0.618. The van der Waals surface area contributed by atoms with Crippen LogP contribution in [0.15, 0.2) is 34.8 Å². The summed E-state index contributed by atoms with van der Waals surface area (Å²) in [5, 5.41) is 0. The minimum absolute atomic E-state index is 0.0444. The fourth-order valence-electron chi connectivity index (χ4n) is 1.45. The third-order valence-electron chi connectivity index (χ3n) is 2.21. The highest BCUT2D eigenvalue weighted by Gasteiger charge is 2.08. The first-order chi connectivity index (χ1) is 8.06. The lowest BCUT2D eigenvalue weighted by molar-refractivity contribution is 0.0990. The van der Waals surface area contributed by atoms with Crippen LogP contribution in [0, 0.1) is 6.92 Å². The Morgan fingerprint density at radius 2 is 1.88 bits per heavy atom. The van der Waals surface area contributed by atoms with Crippen molar-refractivity contribution in [1.29, 1.82) is 0 Å². The van der Waals surface area contributed by atoms with Gasteiger partial charge >= 0.3 is 0 Å². The summed E-state index contributed by atoms with van der Waals surface area (Å²) in [6, 6.07) is 9.47. The topological polar surface area (TPSA) is 68.9 Å². The molecule has 1 amide bonds. The molecule has 2 N–H and O–H groups in total. The molecular formula is C12H10BrN3O. The van der Waals surface area contributed by atoms with Crippen molar-refractivity contribution in [2.24, 2.45) is 5.73 Å². The van der Waals surface area contributed by atoms with Gasteiger partial charge in [0.25, 0.3) is 5.91 Å². The number of hydrogen-bond acceptors (Lipinski definition) is 3. The Morgan fingerprint density at radius 1 is 1.24 bits per heavy atom. The number of rotatable bonds is 2. The first kappa shape index (κ1) is 11.7. The predicted molar refractivity (Wildman–Crippen MR) is 68.4 cm³/mol. The second-order valence-electron chi connectivity index (χ2n) is 3.59. The van der Waals surface area contributed by atoms with Crippen LogP contribution in [0.4, 0.5) is 0 Å². The van der Waals surface area contributed by atoms with E-state index < -0.39 is 5.91 Å². The molecule has 2 rings (SSSR count). The third kappa shape index (κ3) is 2.68. The van der Waals surface area contributed by atoms with Gasteiger partial charge in [0.1, 0.15) is 0 Å². The van der Waals surface area contributed by atoms with Crippen molar-refractivity contribution in [3.05, 3.63) is 46.3 Å². The summed E-state index contributed by atoms with van der Waals surface area (Å²) >= 11 is 3.36. The third-order valence-corrected chi connectivity index (χ3v) is 2.74. The van der Waals surface area contributed by atoms with Gasteiger partial charge in [-0.1, -0.05) is 28.1 Å². The molecule has 0 atom stereocenters. The lowest BCUT2D eigenvalue weighted by Crippen LogP contribution is -2.16. The second-order valence-corrected chi connectivity index (χ2v) is 4.50. The van der Waals surface area contributed by atoms with Gasteiger partial charge in [-0.2, -0.15) is 0 Å². The highest BCUT2D eigenvalue weighted by molar-refractivity contribution is 9.10. The van der Waals surface area contributed by atoms with E-state index in [-0.39, 0.29) is 5.82 Å². The van der Waals surface area contributed by atoms with Gasteiger partial charge in [0.15, 0.2) is 0 Å². The lowest BCUT2D eigenvalue weighted by atomic mass is 10.1. The number of carbonyl (C=O) groups excluding carboxylic acids is 1. The van der Waals surface area contributed by atoms with Gasteiger partial charge in [-0.15, -0.1) is 0 Å². The van der Waals surface area contributed by atoms with Crippen molar-refractivity contribution >= 4 is 21.8 Å². The lowest BCUT2D eigenvalue weighted by Gasteiger charge is -2.04. The molecule has 2 aromatic rings. The van der Waals surface area contributed by atoms with Crippen molar-refractivity contribution in [3.63, 3.8) is 0 Å². The molecular weight excluding hydrogens is 282 g/mol. The average molecular weight is 292 g/mol.